The molecular formula is C25H37Cl2N3O4. The second-order valence-corrected chi connectivity index (χ2v) is 9.13. The fraction of sp³-hybridized carbons (Fsp3) is 0.640. The standard InChI is InChI=1S/C25H37Cl2N3O4/c1-2-3-4-5-6-7-8-9-10-11-12-15-33-17-19(31)18-34-20-13-14-21(22(32)16-20)23-28-24(26)30-25(27)29-23/h13-14,16,19,31-32H,2-12,15,17-18H2,1H3. The molecule has 0 aliphatic rings. The summed E-state index contributed by atoms with van der Waals surface area (Å²) in [6.45, 7) is 3.16. The highest BCUT2D eigenvalue weighted by Crippen LogP contribution is 2.31. The number of hydrogen-bond donors (Lipinski definition) is 2. The van der Waals surface area contributed by atoms with Gasteiger partial charge in [-0.25, -0.2) is 0 Å². The summed E-state index contributed by atoms with van der Waals surface area (Å²) in [5.41, 5.74) is 0.342. The van der Waals surface area contributed by atoms with Gasteiger partial charge in [-0.15, -0.1) is 0 Å². The van der Waals surface area contributed by atoms with E-state index in [0.29, 0.717) is 17.9 Å². The number of aliphatic hydroxyl groups excluding tert-OH is 1. The van der Waals surface area contributed by atoms with Gasteiger partial charge in [0, 0.05) is 12.7 Å². The molecule has 0 saturated heterocycles. The number of aromatic hydroxyl groups is 1. The maximum Gasteiger partial charge on any atom is 0.227 e. The van der Waals surface area contributed by atoms with Crippen molar-refractivity contribution in [1.82, 2.24) is 15.0 Å². The fourth-order valence-electron chi connectivity index (χ4n) is 3.56. The number of rotatable bonds is 18. The van der Waals surface area contributed by atoms with Crippen LogP contribution in [0.3, 0.4) is 0 Å². The molecule has 2 aromatic rings. The van der Waals surface area contributed by atoms with Crippen molar-refractivity contribution in [2.75, 3.05) is 19.8 Å². The zero-order valence-electron chi connectivity index (χ0n) is 20.0. The first-order chi connectivity index (χ1) is 16.5. The molecular weight excluding hydrogens is 477 g/mol. The van der Waals surface area contributed by atoms with Crippen LogP contribution in [0.5, 0.6) is 11.5 Å². The van der Waals surface area contributed by atoms with E-state index in [9.17, 15) is 10.2 Å². The predicted octanol–water partition coefficient (Wildman–Crippen LogP) is 6.62. The molecule has 1 aromatic heterocycles. The number of aromatic nitrogens is 3. The van der Waals surface area contributed by atoms with Crippen LogP contribution in [0.25, 0.3) is 11.4 Å². The summed E-state index contributed by atoms with van der Waals surface area (Å²) in [4.78, 5) is 11.6. The molecule has 2 N–H and O–H groups in total. The summed E-state index contributed by atoms with van der Waals surface area (Å²) in [7, 11) is 0. The smallest absolute Gasteiger partial charge is 0.227 e. The molecule has 0 amide bonds. The summed E-state index contributed by atoms with van der Waals surface area (Å²) >= 11 is 11.6. The minimum atomic E-state index is -0.754. The van der Waals surface area contributed by atoms with Crippen LogP contribution in [0.1, 0.15) is 77.6 Å². The number of unbranched alkanes of at least 4 members (excludes halogenated alkanes) is 10. The molecule has 1 aromatic carbocycles. The van der Waals surface area contributed by atoms with Crippen molar-refractivity contribution in [1.29, 1.82) is 0 Å². The quantitative estimate of drug-likeness (QED) is 0.216. The number of hydrogen-bond acceptors (Lipinski definition) is 7. The number of phenols is 1. The van der Waals surface area contributed by atoms with Crippen molar-refractivity contribution in [3.05, 3.63) is 28.8 Å². The maximum absolute atomic E-state index is 10.3. The molecule has 1 unspecified atom stereocenters. The topological polar surface area (TPSA) is 97.6 Å². The van der Waals surface area contributed by atoms with E-state index in [1.807, 2.05) is 0 Å². The number of aliphatic hydroxyl groups is 1. The van der Waals surface area contributed by atoms with Gasteiger partial charge in [0.25, 0.3) is 0 Å². The third-order valence-corrected chi connectivity index (χ3v) is 5.77. The van der Waals surface area contributed by atoms with Gasteiger partial charge in [-0.2, -0.15) is 15.0 Å². The van der Waals surface area contributed by atoms with E-state index < -0.39 is 6.10 Å². The van der Waals surface area contributed by atoms with Crippen LogP contribution in [-0.2, 0) is 4.74 Å². The average molecular weight is 514 g/mol. The van der Waals surface area contributed by atoms with E-state index in [0.717, 1.165) is 12.8 Å². The Hall–Kier alpha value is -1.67. The normalized spacial score (nSPS) is 12.1. The molecule has 34 heavy (non-hydrogen) atoms. The number of benzene rings is 1. The van der Waals surface area contributed by atoms with Gasteiger partial charge in [0.1, 0.15) is 24.2 Å². The van der Waals surface area contributed by atoms with Gasteiger partial charge in [0.05, 0.1) is 12.2 Å². The van der Waals surface area contributed by atoms with E-state index >= 15 is 0 Å². The summed E-state index contributed by atoms with van der Waals surface area (Å²) in [6.07, 6.45) is 13.4. The molecule has 190 valence electrons. The Bertz CT molecular complexity index is 822. The fourth-order valence-corrected chi connectivity index (χ4v) is 3.93. The first kappa shape index (κ1) is 28.6. The molecule has 0 spiro atoms. The molecule has 2 rings (SSSR count). The largest absolute Gasteiger partial charge is 0.507 e. The third kappa shape index (κ3) is 11.6. The second kappa shape index (κ2) is 16.9. The highest BCUT2D eigenvalue weighted by atomic mass is 35.5. The molecule has 1 atom stereocenters. The number of nitrogens with zero attached hydrogens (tertiary/aromatic N) is 3. The van der Waals surface area contributed by atoms with Crippen molar-refractivity contribution in [3.8, 4) is 22.9 Å². The second-order valence-electron chi connectivity index (χ2n) is 8.45. The van der Waals surface area contributed by atoms with Gasteiger partial charge in [-0.1, -0.05) is 71.1 Å². The molecule has 0 bridgehead atoms. The van der Waals surface area contributed by atoms with Crippen LogP contribution in [0.4, 0.5) is 0 Å². The first-order valence-electron chi connectivity index (χ1n) is 12.3. The van der Waals surface area contributed by atoms with E-state index in [4.69, 9.17) is 32.7 Å². The van der Waals surface area contributed by atoms with Crippen molar-refractivity contribution >= 4 is 23.2 Å². The molecule has 7 nitrogen and oxygen atoms in total. The zero-order valence-corrected chi connectivity index (χ0v) is 21.5. The summed E-state index contributed by atoms with van der Waals surface area (Å²) in [5.74, 6) is 0.458. The number of halogens is 2. The molecule has 0 saturated carbocycles. The van der Waals surface area contributed by atoms with Gasteiger partial charge in [0.2, 0.25) is 10.6 Å². The molecule has 0 radical (unpaired) electrons. The lowest BCUT2D eigenvalue weighted by atomic mass is 10.1. The summed E-state index contributed by atoms with van der Waals surface area (Å²) < 4.78 is 11.1. The minimum Gasteiger partial charge on any atom is -0.507 e. The Morgan fingerprint density at radius 3 is 2.00 bits per heavy atom. The van der Waals surface area contributed by atoms with E-state index in [-0.39, 0.29) is 35.4 Å². The molecule has 0 aliphatic heterocycles. The molecule has 0 fully saturated rings. The minimum absolute atomic E-state index is 0.0560. The number of ether oxygens (including phenoxy) is 2. The Balaban J connectivity index is 1.54. The molecule has 1 heterocycles. The van der Waals surface area contributed by atoms with Crippen molar-refractivity contribution in [3.63, 3.8) is 0 Å². The highest BCUT2D eigenvalue weighted by Gasteiger charge is 2.13. The molecule has 0 aliphatic carbocycles. The highest BCUT2D eigenvalue weighted by molar-refractivity contribution is 6.31. The SMILES string of the molecule is CCCCCCCCCCCCCOCC(O)COc1ccc(-c2nc(Cl)nc(Cl)n2)c(O)c1. The Labute approximate surface area is 212 Å². The molecule has 9 heteroatoms. The van der Waals surface area contributed by atoms with Crippen LogP contribution in [-0.4, -0.2) is 51.1 Å². The summed E-state index contributed by atoms with van der Waals surface area (Å²) in [5, 5.41) is 20.2. The van der Waals surface area contributed by atoms with Crippen molar-refractivity contribution in [2.24, 2.45) is 0 Å². The van der Waals surface area contributed by atoms with Crippen molar-refractivity contribution in [2.45, 2.75) is 83.7 Å². The van der Waals surface area contributed by atoms with Gasteiger partial charge in [-0.3, -0.25) is 0 Å². The lowest BCUT2D eigenvalue weighted by molar-refractivity contribution is 0.0109. The van der Waals surface area contributed by atoms with E-state index in [2.05, 4.69) is 21.9 Å². The Kier molecular flexibility index (Phi) is 14.2. The maximum atomic E-state index is 10.3. The van der Waals surface area contributed by atoms with Crippen LogP contribution in [0, 0.1) is 0 Å². The lowest BCUT2D eigenvalue weighted by Gasteiger charge is -2.13. The lowest BCUT2D eigenvalue weighted by Crippen LogP contribution is -2.23. The number of phenolic OH excluding ortho intramolecular Hbond substituents is 1. The van der Waals surface area contributed by atoms with E-state index in [1.165, 1.54) is 63.9 Å². The monoisotopic (exact) mass is 513 g/mol. The van der Waals surface area contributed by atoms with E-state index in [1.54, 1.807) is 12.1 Å². The zero-order chi connectivity index (χ0) is 24.6. The van der Waals surface area contributed by atoms with Gasteiger partial charge in [-0.05, 0) is 41.8 Å². The first-order valence-corrected chi connectivity index (χ1v) is 13.0. The van der Waals surface area contributed by atoms with Crippen LogP contribution >= 0.6 is 23.2 Å². The average Bonchev–Trinajstić information content (AvgIpc) is 2.80. The third-order valence-electron chi connectivity index (χ3n) is 5.44. The van der Waals surface area contributed by atoms with Gasteiger partial charge < -0.3 is 19.7 Å². The van der Waals surface area contributed by atoms with Gasteiger partial charge >= 0.3 is 0 Å². The van der Waals surface area contributed by atoms with Crippen LogP contribution < -0.4 is 4.74 Å². The van der Waals surface area contributed by atoms with Crippen LogP contribution in [0.15, 0.2) is 18.2 Å². The summed E-state index contributed by atoms with van der Waals surface area (Å²) in [6, 6.07) is 4.64. The van der Waals surface area contributed by atoms with Gasteiger partial charge in [0.15, 0.2) is 5.82 Å². The Morgan fingerprint density at radius 1 is 0.824 bits per heavy atom. The predicted molar refractivity (Wildman–Crippen MR) is 136 cm³/mol. The van der Waals surface area contributed by atoms with Crippen LogP contribution in [0.2, 0.25) is 10.6 Å². The Morgan fingerprint density at radius 2 is 1.41 bits per heavy atom. The van der Waals surface area contributed by atoms with Crippen molar-refractivity contribution < 1.29 is 19.7 Å².